The smallest absolute Gasteiger partial charge is 0.291 e. The van der Waals surface area contributed by atoms with Crippen LogP contribution in [0.1, 0.15) is 37.6 Å². The van der Waals surface area contributed by atoms with Crippen LogP contribution in [0.4, 0.5) is 5.69 Å². The number of hydrogen-bond acceptors (Lipinski definition) is 4. The summed E-state index contributed by atoms with van der Waals surface area (Å²) in [6, 6.07) is 16.2. The fourth-order valence-corrected chi connectivity index (χ4v) is 2.79. The van der Waals surface area contributed by atoms with Gasteiger partial charge in [-0.3, -0.25) is 9.59 Å². The van der Waals surface area contributed by atoms with E-state index in [1.807, 2.05) is 31.2 Å². The molecule has 28 heavy (non-hydrogen) atoms. The predicted octanol–water partition coefficient (Wildman–Crippen LogP) is 3.92. The molecule has 0 radical (unpaired) electrons. The highest BCUT2D eigenvalue weighted by Gasteiger charge is 2.13. The SMILES string of the molecule is COCc1ccccc1CNC(=O)c1ccc(C)c(NC(=O)c2ccco2)c1. The summed E-state index contributed by atoms with van der Waals surface area (Å²) in [5, 5.41) is 5.69. The maximum Gasteiger partial charge on any atom is 0.291 e. The largest absolute Gasteiger partial charge is 0.459 e. The highest BCUT2D eigenvalue weighted by atomic mass is 16.5. The second-order valence-corrected chi connectivity index (χ2v) is 6.35. The first kappa shape index (κ1) is 19.4. The summed E-state index contributed by atoms with van der Waals surface area (Å²) in [5.74, 6) is -0.371. The molecule has 0 aliphatic carbocycles. The lowest BCUT2D eigenvalue weighted by Crippen LogP contribution is -2.24. The number of carbonyl (C=O) groups is 2. The minimum Gasteiger partial charge on any atom is -0.459 e. The molecule has 0 atom stereocenters. The van der Waals surface area contributed by atoms with Crippen LogP contribution in [0.25, 0.3) is 0 Å². The van der Waals surface area contributed by atoms with Gasteiger partial charge < -0.3 is 19.8 Å². The summed E-state index contributed by atoms with van der Waals surface area (Å²) in [7, 11) is 1.64. The topological polar surface area (TPSA) is 80.6 Å². The molecular formula is C22H22N2O4. The van der Waals surface area contributed by atoms with E-state index in [1.165, 1.54) is 6.26 Å². The number of hydrogen-bond donors (Lipinski definition) is 2. The van der Waals surface area contributed by atoms with Crippen molar-refractivity contribution in [2.75, 3.05) is 12.4 Å². The van der Waals surface area contributed by atoms with Crippen molar-refractivity contribution in [2.45, 2.75) is 20.1 Å². The molecular weight excluding hydrogens is 356 g/mol. The average Bonchev–Trinajstić information content (AvgIpc) is 3.24. The lowest BCUT2D eigenvalue weighted by atomic mass is 10.1. The van der Waals surface area contributed by atoms with Gasteiger partial charge >= 0.3 is 0 Å². The third-order valence-electron chi connectivity index (χ3n) is 4.35. The van der Waals surface area contributed by atoms with Crippen molar-refractivity contribution < 1.29 is 18.7 Å². The van der Waals surface area contributed by atoms with Crippen LogP contribution < -0.4 is 10.6 Å². The second kappa shape index (κ2) is 9.01. The van der Waals surface area contributed by atoms with Crippen LogP contribution in [0.3, 0.4) is 0 Å². The molecule has 0 fully saturated rings. The fraction of sp³-hybridized carbons (Fsp3) is 0.182. The van der Waals surface area contributed by atoms with Crippen LogP contribution in [-0.4, -0.2) is 18.9 Å². The molecule has 2 amide bonds. The standard InChI is InChI=1S/C22H22N2O4/c1-15-9-10-16(12-19(15)24-22(26)20-8-5-11-28-20)21(25)23-13-17-6-3-4-7-18(17)14-27-2/h3-12H,13-14H2,1-2H3,(H,23,25)(H,24,26). The van der Waals surface area contributed by atoms with Crippen LogP contribution in [-0.2, 0) is 17.9 Å². The first-order valence-electron chi connectivity index (χ1n) is 8.88. The third kappa shape index (κ3) is 4.66. The Hall–Kier alpha value is -3.38. The number of methoxy groups -OCH3 is 1. The van der Waals surface area contributed by atoms with E-state index in [0.717, 1.165) is 16.7 Å². The Morgan fingerprint density at radius 2 is 1.79 bits per heavy atom. The average molecular weight is 378 g/mol. The van der Waals surface area contributed by atoms with Crippen LogP contribution in [0, 0.1) is 6.92 Å². The molecule has 1 heterocycles. The molecule has 0 unspecified atom stereocenters. The maximum atomic E-state index is 12.6. The first-order valence-corrected chi connectivity index (χ1v) is 8.88. The highest BCUT2D eigenvalue weighted by Crippen LogP contribution is 2.19. The van der Waals surface area contributed by atoms with E-state index in [4.69, 9.17) is 9.15 Å². The number of rotatable bonds is 7. The molecule has 6 heteroatoms. The van der Waals surface area contributed by atoms with Crippen molar-refractivity contribution in [3.8, 4) is 0 Å². The van der Waals surface area contributed by atoms with Gasteiger partial charge in [-0.15, -0.1) is 0 Å². The number of benzene rings is 2. The third-order valence-corrected chi connectivity index (χ3v) is 4.35. The highest BCUT2D eigenvalue weighted by molar-refractivity contribution is 6.03. The summed E-state index contributed by atoms with van der Waals surface area (Å²) >= 11 is 0. The molecule has 2 N–H and O–H groups in total. The maximum absolute atomic E-state index is 12.6. The van der Waals surface area contributed by atoms with Gasteiger partial charge in [0.05, 0.1) is 12.9 Å². The Labute approximate surface area is 163 Å². The minimum absolute atomic E-state index is 0.212. The Balaban J connectivity index is 1.70. The first-order chi connectivity index (χ1) is 13.6. The van der Waals surface area contributed by atoms with Crippen molar-refractivity contribution in [1.29, 1.82) is 0 Å². The molecule has 0 spiro atoms. The van der Waals surface area contributed by atoms with Gasteiger partial charge in [-0.2, -0.15) is 0 Å². The van der Waals surface area contributed by atoms with Crippen LogP contribution >= 0.6 is 0 Å². The van der Waals surface area contributed by atoms with E-state index in [2.05, 4.69) is 10.6 Å². The van der Waals surface area contributed by atoms with Gasteiger partial charge in [-0.25, -0.2) is 0 Å². The Morgan fingerprint density at radius 1 is 1.00 bits per heavy atom. The quantitative estimate of drug-likeness (QED) is 0.653. The number of anilines is 1. The predicted molar refractivity (Wildman–Crippen MR) is 106 cm³/mol. The molecule has 1 aromatic heterocycles. The van der Waals surface area contributed by atoms with Crippen molar-refractivity contribution in [2.24, 2.45) is 0 Å². The van der Waals surface area contributed by atoms with Gasteiger partial charge in [-0.05, 0) is 47.9 Å². The van der Waals surface area contributed by atoms with Crippen LogP contribution in [0.15, 0.2) is 65.3 Å². The van der Waals surface area contributed by atoms with Crippen molar-refractivity contribution in [1.82, 2.24) is 5.32 Å². The Bertz CT molecular complexity index is 964. The molecule has 3 aromatic rings. The number of nitrogens with one attached hydrogen (secondary N) is 2. The van der Waals surface area contributed by atoms with E-state index < -0.39 is 0 Å². The van der Waals surface area contributed by atoms with Crippen molar-refractivity contribution >= 4 is 17.5 Å². The van der Waals surface area contributed by atoms with Gasteiger partial charge in [0.15, 0.2) is 5.76 Å². The molecule has 0 saturated carbocycles. The number of amides is 2. The van der Waals surface area contributed by atoms with Crippen LogP contribution in [0.2, 0.25) is 0 Å². The van der Waals surface area contributed by atoms with E-state index in [1.54, 1.807) is 37.4 Å². The van der Waals surface area contributed by atoms with E-state index in [0.29, 0.717) is 24.4 Å². The minimum atomic E-state index is -0.362. The Kier molecular flexibility index (Phi) is 6.24. The molecule has 6 nitrogen and oxygen atoms in total. The molecule has 0 aliphatic rings. The van der Waals surface area contributed by atoms with Gasteiger partial charge in [0.2, 0.25) is 0 Å². The number of furan rings is 1. The summed E-state index contributed by atoms with van der Waals surface area (Å²) in [6.07, 6.45) is 1.44. The second-order valence-electron chi connectivity index (χ2n) is 6.35. The molecule has 2 aromatic carbocycles. The number of ether oxygens (including phenoxy) is 1. The van der Waals surface area contributed by atoms with E-state index in [9.17, 15) is 9.59 Å². The fourth-order valence-electron chi connectivity index (χ4n) is 2.79. The molecule has 0 aliphatic heterocycles. The summed E-state index contributed by atoms with van der Waals surface area (Å²) in [4.78, 5) is 24.8. The normalized spacial score (nSPS) is 10.5. The number of aryl methyl sites for hydroxylation is 1. The zero-order chi connectivity index (χ0) is 19.9. The van der Waals surface area contributed by atoms with Crippen molar-refractivity contribution in [3.05, 3.63) is 88.9 Å². The lowest BCUT2D eigenvalue weighted by molar-refractivity contribution is 0.0948. The zero-order valence-corrected chi connectivity index (χ0v) is 15.8. The molecule has 0 bridgehead atoms. The van der Waals surface area contributed by atoms with Gasteiger partial charge in [-0.1, -0.05) is 30.3 Å². The summed E-state index contributed by atoms with van der Waals surface area (Å²) < 4.78 is 10.3. The molecule has 144 valence electrons. The monoisotopic (exact) mass is 378 g/mol. The summed E-state index contributed by atoms with van der Waals surface area (Å²) in [6.45, 7) is 2.74. The van der Waals surface area contributed by atoms with Gasteiger partial charge in [0, 0.05) is 24.9 Å². The van der Waals surface area contributed by atoms with Crippen LogP contribution in [0.5, 0.6) is 0 Å². The van der Waals surface area contributed by atoms with E-state index in [-0.39, 0.29) is 17.6 Å². The Morgan fingerprint density at radius 3 is 2.50 bits per heavy atom. The zero-order valence-electron chi connectivity index (χ0n) is 15.8. The van der Waals surface area contributed by atoms with Crippen molar-refractivity contribution in [3.63, 3.8) is 0 Å². The van der Waals surface area contributed by atoms with E-state index >= 15 is 0 Å². The molecule has 3 rings (SSSR count). The molecule has 0 saturated heterocycles. The van der Waals surface area contributed by atoms with Gasteiger partial charge in [0.1, 0.15) is 0 Å². The lowest BCUT2D eigenvalue weighted by Gasteiger charge is -2.12. The summed E-state index contributed by atoms with van der Waals surface area (Å²) in [5.41, 5.74) is 3.90. The van der Waals surface area contributed by atoms with Gasteiger partial charge in [0.25, 0.3) is 11.8 Å². The number of carbonyl (C=O) groups excluding carboxylic acids is 2.